The highest BCUT2D eigenvalue weighted by molar-refractivity contribution is 7.89. The van der Waals surface area contributed by atoms with Crippen molar-refractivity contribution in [3.05, 3.63) is 23.8 Å². The van der Waals surface area contributed by atoms with E-state index in [-0.39, 0.29) is 22.9 Å². The summed E-state index contributed by atoms with van der Waals surface area (Å²) >= 11 is 0. The fraction of sp³-hybridized carbons (Fsp3) is 0.455. The molecule has 0 radical (unpaired) electrons. The molecule has 0 bridgehead atoms. The Morgan fingerprint density at radius 3 is 2.59 bits per heavy atom. The van der Waals surface area contributed by atoms with E-state index in [0.29, 0.717) is 18.7 Å². The standard InChI is InChI=1S/C11H13NO4S/c1-7-2-3-8(4-9(7)13)17(14,15)12-5-10-11(6-12)16-10/h2-4,10-11,13H,5-6H2,1H3. The Kier molecular flexibility index (Phi) is 2.23. The molecule has 1 N–H and O–H groups in total. The van der Waals surface area contributed by atoms with Gasteiger partial charge in [-0.3, -0.25) is 0 Å². The zero-order valence-electron chi connectivity index (χ0n) is 9.33. The van der Waals surface area contributed by atoms with Gasteiger partial charge in [-0.1, -0.05) is 6.07 Å². The van der Waals surface area contributed by atoms with Crippen LogP contribution in [0.4, 0.5) is 0 Å². The molecule has 2 heterocycles. The number of epoxide rings is 1. The summed E-state index contributed by atoms with van der Waals surface area (Å²) < 4.78 is 31.1. The minimum absolute atomic E-state index is 0.00619. The van der Waals surface area contributed by atoms with Gasteiger partial charge in [0.15, 0.2) is 0 Å². The van der Waals surface area contributed by atoms with Crippen molar-refractivity contribution < 1.29 is 18.3 Å². The molecule has 17 heavy (non-hydrogen) atoms. The highest BCUT2D eigenvalue weighted by Gasteiger charge is 2.51. The smallest absolute Gasteiger partial charge is 0.243 e. The van der Waals surface area contributed by atoms with Crippen LogP contribution in [0.1, 0.15) is 5.56 Å². The number of ether oxygens (including phenoxy) is 1. The van der Waals surface area contributed by atoms with Crippen molar-refractivity contribution in [1.29, 1.82) is 0 Å². The zero-order chi connectivity index (χ0) is 12.2. The minimum atomic E-state index is -3.49. The predicted molar refractivity (Wildman–Crippen MR) is 60.3 cm³/mol. The van der Waals surface area contributed by atoms with Crippen molar-refractivity contribution in [1.82, 2.24) is 4.31 Å². The Morgan fingerprint density at radius 2 is 2.00 bits per heavy atom. The van der Waals surface area contributed by atoms with Gasteiger partial charge in [-0.05, 0) is 18.6 Å². The van der Waals surface area contributed by atoms with Crippen LogP contribution < -0.4 is 0 Å². The van der Waals surface area contributed by atoms with Crippen LogP contribution in [0.3, 0.4) is 0 Å². The first kappa shape index (κ1) is 11.0. The molecule has 2 unspecified atom stereocenters. The highest BCUT2D eigenvalue weighted by Crippen LogP contribution is 2.34. The fourth-order valence-corrected chi connectivity index (χ4v) is 3.56. The number of phenols is 1. The molecule has 2 fully saturated rings. The van der Waals surface area contributed by atoms with Crippen LogP contribution in [0, 0.1) is 6.92 Å². The number of phenolic OH excluding ortho intramolecular Hbond substituents is 1. The summed E-state index contributed by atoms with van der Waals surface area (Å²) in [7, 11) is -3.49. The monoisotopic (exact) mass is 255 g/mol. The van der Waals surface area contributed by atoms with Gasteiger partial charge >= 0.3 is 0 Å². The van der Waals surface area contributed by atoms with Crippen LogP contribution in [0.5, 0.6) is 5.75 Å². The Bertz CT molecular complexity index is 559. The molecule has 0 saturated carbocycles. The molecule has 2 saturated heterocycles. The van der Waals surface area contributed by atoms with Crippen LogP contribution in [0.15, 0.2) is 23.1 Å². The first-order chi connectivity index (χ1) is 7.98. The maximum atomic E-state index is 12.2. The van der Waals surface area contributed by atoms with E-state index in [9.17, 15) is 13.5 Å². The summed E-state index contributed by atoms with van der Waals surface area (Å²) in [6, 6.07) is 4.43. The Balaban J connectivity index is 1.93. The molecule has 0 amide bonds. The van der Waals surface area contributed by atoms with E-state index in [2.05, 4.69) is 0 Å². The average molecular weight is 255 g/mol. The molecule has 3 rings (SSSR count). The van der Waals surface area contributed by atoms with Gasteiger partial charge in [0.1, 0.15) is 5.75 Å². The molecule has 6 heteroatoms. The second-order valence-electron chi connectivity index (χ2n) is 4.48. The maximum Gasteiger partial charge on any atom is 0.243 e. The Labute approximate surface area is 99.7 Å². The van der Waals surface area contributed by atoms with Gasteiger partial charge in [0.25, 0.3) is 0 Å². The van der Waals surface area contributed by atoms with Crippen molar-refractivity contribution in [2.45, 2.75) is 24.0 Å². The molecule has 0 aliphatic carbocycles. The molecular formula is C11H13NO4S. The van der Waals surface area contributed by atoms with E-state index in [1.807, 2.05) is 0 Å². The van der Waals surface area contributed by atoms with Gasteiger partial charge in [-0.15, -0.1) is 0 Å². The SMILES string of the molecule is Cc1ccc(S(=O)(=O)N2CC3OC3C2)cc1O. The summed E-state index contributed by atoms with van der Waals surface area (Å²) in [6.45, 7) is 2.56. The number of aryl methyl sites for hydroxylation is 1. The summed E-state index contributed by atoms with van der Waals surface area (Å²) in [5.74, 6) is 0.00619. The number of sulfonamides is 1. The number of aromatic hydroxyl groups is 1. The number of hydrogen-bond acceptors (Lipinski definition) is 4. The van der Waals surface area contributed by atoms with Crippen LogP contribution in [0.25, 0.3) is 0 Å². The molecular weight excluding hydrogens is 242 g/mol. The van der Waals surface area contributed by atoms with E-state index in [0.717, 1.165) is 0 Å². The number of morpholine rings is 1. The lowest BCUT2D eigenvalue weighted by atomic mass is 10.2. The van der Waals surface area contributed by atoms with Gasteiger partial charge in [-0.25, -0.2) is 8.42 Å². The number of hydrogen-bond donors (Lipinski definition) is 1. The number of fused-ring (bicyclic) bond motifs is 1. The van der Waals surface area contributed by atoms with E-state index >= 15 is 0 Å². The number of nitrogens with zero attached hydrogens (tertiary/aromatic N) is 1. The first-order valence-corrected chi connectivity index (χ1v) is 6.88. The maximum absolute atomic E-state index is 12.2. The third-order valence-corrected chi connectivity index (χ3v) is 5.10. The number of benzene rings is 1. The first-order valence-electron chi connectivity index (χ1n) is 5.44. The third kappa shape index (κ3) is 1.72. The second kappa shape index (κ2) is 3.44. The zero-order valence-corrected chi connectivity index (χ0v) is 10.1. The third-order valence-electron chi connectivity index (χ3n) is 3.27. The molecule has 5 nitrogen and oxygen atoms in total. The molecule has 0 spiro atoms. The Hall–Kier alpha value is -1.11. The summed E-state index contributed by atoms with van der Waals surface area (Å²) in [5, 5.41) is 9.56. The topological polar surface area (TPSA) is 70.1 Å². The largest absolute Gasteiger partial charge is 0.508 e. The lowest BCUT2D eigenvalue weighted by molar-refractivity contribution is 0.272. The van der Waals surface area contributed by atoms with Crippen molar-refractivity contribution in [3.8, 4) is 5.75 Å². The van der Waals surface area contributed by atoms with Crippen LogP contribution >= 0.6 is 0 Å². The average Bonchev–Trinajstić information content (AvgIpc) is 2.89. The lowest BCUT2D eigenvalue weighted by Crippen LogP contribution is -2.31. The van der Waals surface area contributed by atoms with Crippen molar-refractivity contribution in [2.24, 2.45) is 0 Å². The Morgan fingerprint density at radius 1 is 1.35 bits per heavy atom. The van der Waals surface area contributed by atoms with E-state index in [4.69, 9.17) is 4.74 Å². The minimum Gasteiger partial charge on any atom is -0.508 e. The number of rotatable bonds is 2. The van der Waals surface area contributed by atoms with Gasteiger partial charge in [0, 0.05) is 19.2 Å². The van der Waals surface area contributed by atoms with Crippen molar-refractivity contribution in [2.75, 3.05) is 13.1 Å². The quantitative estimate of drug-likeness (QED) is 0.780. The van der Waals surface area contributed by atoms with Crippen LogP contribution in [0.2, 0.25) is 0 Å². The van der Waals surface area contributed by atoms with Crippen LogP contribution in [-0.4, -0.2) is 43.1 Å². The van der Waals surface area contributed by atoms with Crippen molar-refractivity contribution in [3.63, 3.8) is 0 Å². The van der Waals surface area contributed by atoms with E-state index in [1.54, 1.807) is 13.0 Å². The summed E-state index contributed by atoms with van der Waals surface area (Å²) in [5.41, 5.74) is 0.663. The molecule has 1 aromatic rings. The van der Waals surface area contributed by atoms with Crippen LogP contribution in [-0.2, 0) is 14.8 Å². The lowest BCUT2D eigenvalue weighted by Gasteiger charge is -2.17. The predicted octanol–water partition coefficient (Wildman–Crippen LogP) is 0.472. The van der Waals surface area contributed by atoms with Gasteiger partial charge in [0.2, 0.25) is 10.0 Å². The van der Waals surface area contributed by atoms with Gasteiger partial charge < -0.3 is 9.84 Å². The highest BCUT2D eigenvalue weighted by atomic mass is 32.2. The molecule has 2 aliphatic rings. The molecule has 2 atom stereocenters. The fourth-order valence-electron chi connectivity index (χ4n) is 2.07. The van der Waals surface area contributed by atoms with Gasteiger partial charge in [0.05, 0.1) is 17.1 Å². The second-order valence-corrected chi connectivity index (χ2v) is 6.42. The molecule has 0 aromatic heterocycles. The summed E-state index contributed by atoms with van der Waals surface area (Å²) in [6.07, 6.45) is 0.146. The van der Waals surface area contributed by atoms with Gasteiger partial charge in [-0.2, -0.15) is 4.31 Å². The van der Waals surface area contributed by atoms with E-state index in [1.165, 1.54) is 16.4 Å². The van der Waals surface area contributed by atoms with E-state index < -0.39 is 10.0 Å². The molecule has 1 aromatic carbocycles. The van der Waals surface area contributed by atoms with Crippen molar-refractivity contribution >= 4 is 10.0 Å². The molecule has 92 valence electrons. The molecule has 2 aliphatic heterocycles. The summed E-state index contributed by atoms with van der Waals surface area (Å²) in [4.78, 5) is 0.141. The normalized spacial score (nSPS) is 28.1.